The molecule has 124 valence electrons. The van der Waals surface area contributed by atoms with E-state index in [2.05, 4.69) is 47.5 Å². The molecule has 2 aromatic rings. The van der Waals surface area contributed by atoms with Crippen LogP contribution in [0.3, 0.4) is 0 Å². The summed E-state index contributed by atoms with van der Waals surface area (Å²) in [5.41, 5.74) is 3.72. The molecule has 2 aromatic carbocycles. The van der Waals surface area contributed by atoms with Crippen LogP contribution in [0, 0.1) is 0 Å². The third-order valence-electron chi connectivity index (χ3n) is 4.23. The normalized spacial score (nSPS) is 18.3. The number of ether oxygens (including phenoxy) is 1. The molecule has 3 nitrogen and oxygen atoms in total. The number of piperazine rings is 1. The molecule has 0 aromatic heterocycles. The van der Waals surface area contributed by atoms with E-state index in [1.807, 2.05) is 18.2 Å². The molecular formula is C19H25ClN2O. The van der Waals surface area contributed by atoms with Crippen LogP contribution in [0.15, 0.2) is 48.5 Å². The first-order valence-electron chi connectivity index (χ1n) is 7.94. The first-order valence-corrected chi connectivity index (χ1v) is 7.94. The lowest BCUT2D eigenvalue weighted by Gasteiger charge is -2.31. The van der Waals surface area contributed by atoms with E-state index in [0.717, 1.165) is 37.5 Å². The van der Waals surface area contributed by atoms with Gasteiger partial charge in [0.2, 0.25) is 0 Å². The summed E-state index contributed by atoms with van der Waals surface area (Å²) in [6, 6.07) is 17.6. The fraction of sp³-hybridized carbons (Fsp3) is 0.368. The molecule has 1 saturated heterocycles. The van der Waals surface area contributed by atoms with Crippen molar-refractivity contribution >= 4 is 12.4 Å². The maximum Gasteiger partial charge on any atom is 0.126 e. The third-order valence-corrected chi connectivity index (χ3v) is 4.23. The number of methoxy groups -OCH3 is 1. The zero-order chi connectivity index (χ0) is 15.4. The zero-order valence-corrected chi connectivity index (χ0v) is 14.6. The van der Waals surface area contributed by atoms with Gasteiger partial charge >= 0.3 is 0 Å². The minimum atomic E-state index is 0. The monoisotopic (exact) mass is 332 g/mol. The summed E-state index contributed by atoms with van der Waals surface area (Å²) < 4.78 is 5.45. The van der Waals surface area contributed by atoms with Crippen LogP contribution in [0.5, 0.6) is 5.75 Å². The lowest BCUT2D eigenvalue weighted by Crippen LogP contribution is -2.48. The van der Waals surface area contributed by atoms with E-state index in [-0.39, 0.29) is 12.4 Å². The standard InChI is InChI=1S/C19H24N2O.ClH/c1-15-13-21(12-11-20-15)14-16-7-9-17(10-8-16)18-5-3-4-6-19(18)22-2;/h3-10,15,20H,11-14H2,1-2H3;1H/t15-;/m0./s1. The second-order valence-corrected chi connectivity index (χ2v) is 5.99. The predicted molar refractivity (Wildman–Crippen MR) is 98.4 cm³/mol. The molecule has 1 fully saturated rings. The molecular weight excluding hydrogens is 308 g/mol. The minimum Gasteiger partial charge on any atom is -0.496 e. The molecule has 0 spiro atoms. The molecule has 3 rings (SSSR count). The number of hydrogen-bond acceptors (Lipinski definition) is 3. The Morgan fingerprint density at radius 1 is 1.13 bits per heavy atom. The van der Waals surface area contributed by atoms with Crippen molar-refractivity contribution in [3.8, 4) is 16.9 Å². The molecule has 0 amide bonds. The van der Waals surface area contributed by atoms with Gasteiger partial charge in [-0.05, 0) is 24.1 Å². The first-order chi connectivity index (χ1) is 10.8. The Bertz CT molecular complexity index is 615. The zero-order valence-electron chi connectivity index (χ0n) is 13.8. The molecule has 0 unspecified atom stereocenters. The molecule has 1 heterocycles. The summed E-state index contributed by atoms with van der Waals surface area (Å²) in [5.74, 6) is 0.922. The lowest BCUT2D eigenvalue weighted by atomic mass is 10.0. The predicted octanol–water partition coefficient (Wildman–Crippen LogP) is 3.58. The van der Waals surface area contributed by atoms with Crippen molar-refractivity contribution in [2.75, 3.05) is 26.7 Å². The Morgan fingerprint density at radius 3 is 2.57 bits per heavy atom. The van der Waals surface area contributed by atoms with Crippen LogP contribution in [0.1, 0.15) is 12.5 Å². The Hall–Kier alpha value is -1.55. The Balaban J connectivity index is 0.00000192. The fourth-order valence-electron chi connectivity index (χ4n) is 3.09. The van der Waals surface area contributed by atoms with E-state index in [1.165, 1.54) is 11.1 Å². The Morgan fingerprint density at radius 2 is 1.87 bits per heavy atom. The van der Waals surface area contributed by atoms with Crippen molar-refractivity contribution in [2.24, 2.45) is 0 Å². The first kappa shape index (κ1) is 17.8. The summed E-state index contributed by atoms with van der Waals surface area (Å²) in [5, 5.41) is 3.49. The van der Waals surface area contributed by atoms with Crippen LogP contribution in [0.25, 0.3) is 11.1 Å². The molecule has 1 atom stereocenters. The second-order valence-electron chi connectivity index (χ2n) is 5.99. The summed E-state index contributed by atoms with van der Waals surface area (Å²) in [4.78, 5) is 2.51. The van der Waals surface area contributed by atoms with Gasteiger partial charge in [-0.15, -0.1) is 12.4 Å². The average Bonchev–Trinajstić information content (AvgIpc) is 2.56. The van der Waals surface area contributed by atoms with E-state index in [0.29, 0.717) is 6.04 Å². The molecule has 0 aliphatic carbocycles. The topological polar surface area (TPSA) is 24.5 Å². The minimum absolute atomic E-state index is 0. The van der Waals surface area contributed by atoms with Gasteiger partial charge in [-0.3, -0.25) is 4.90 Å². The van der Waals surface area contributed by atoms with Crippen molar-refractivity contribution in [1.29, 1.82) is 0 Å². The molecule has 1 aliphatic heterocycles. The summed E-state index contributed by atoms with van der Waals surface area (Å²) >= 11 is 0. The van der Waals surface area contributed by atoms with Crippen LogP contribution >= 0.6 is 12.4 Å². The third kappa shape index (κ3) is 4.47. The Labute approximate surface area is 145 Å². The van der Waals surface area contributed by atoms with Crippen LogP contribution in [0.2, 0.25) is 0 Å². The molecule has 0 saturated carbocycles. The van der Waals surface area contributed by atoms with Gasteiger partial charge in [0.15, 0.2) is 0 Å². The number of nitrogens with zero attached hydrogens (tertiary/aromatic N) is 1. The van der Waals surface area contributed by atoms with Crippen LogP contribution in [-0.2, 0) is 6.54 Å². The highest BCUT2D eigenvalue weighted by Gasteiger charge is 2.15. The van der Waals surface area contributed by atoms with Crippen molar-refractivity contribution in [3.05, 3.63) is 54.1 Å². The van der Waals surface area contributed by atoms with Gasteiger partial charge in [-0.1, -0.05) is 42.5 Å². The fourth-order valence-corrected chi connectivity index (χ4v) is 3.09. The number of rotatable bonds is 4. The van der Waals surface area contributed by atoms with E-state index < -0.39 is 0 Å². The van der Waals surface area contributed by atoms with Gasteiger partial charge in [0.05, 0.1) is 7.11 Å². The maximum atomic E-state index is 5.45. The second kappa shape index (κ2) is 8.34. The van der Waals surface area contributed by atoms with Gasteiger partial charge in [0, 0.05) is 37.8 Å². The maximum absolute atomic E-state index is 5.45. The molecule has 0 radical (unpaired) electrons. The summed E-state index contributed by atoms with van der Waals surface area (Å²) in [6.45, 7) is 6.60. The van der Waals surface area contributed by atoms with Crippen LogP contribution < -0.4 is 10.1 Å². The van der Waals surface area contributed by atoms with Crippen molar-refractivity contribution in [3.63, 3.8) is 0 Å². The van der Waals surface area contributed by atoms with E-state index >= 15 is 0 Å². The van der Waals surface area contributed by atoms with Gasteiger partial charge in [-0.25, -0.2) is 0 Å². The SMILES string of the molecule is COc1ccccc1-c1ccc(CN2CCN[C@@H](C)C2)cc1.Cl. The number of halogens is 1. The van der Waals surface area contributed by atoms with E-state index in [9.17, 15) is 0 Å². The molecule has 4 heteroatoms. The van der Waals surface area contributed by atoms with Gasteiger partial charge in [0.1, 0.15) is 5.75 Å². The van der Waals surface area contributed by atoms with Gasteiger partial charge in [-0.2, -0.15) is 0 Å². The Kier molecular flexibility index (Phi) is 6.46. The molecule has 0 bridgehead atoms. The quantitative estimate of drug-likeness (QED) is 0.926. The number of para-hydroxylation sites is 1. The van der Waals surface area contributed by atoms with Crippen molar-refractivity contribution in [1.82, 2.24) is 10.2 Å². The van der Waals surface area contributed by atoms with E-state index in [1.54, 1.807) is 7.11 Å². The van der Waals surface area contributed by atoms with Crippen LogP contribution in [-0.4, -0.2) is 37.7 Å². The van der Waals surface area contributed by atoms with Crippen molar-refractivity contribution < 1.29 is 4.74 Å². The van der Waals surface area contributed by atoms with Gasteiger partial charge < -0.3 is 10.1 Å². The highest BCUT2D eigenvalue weighted by atomic mass is 35.5. The largest absolute Gasteiger partial charge is 0.496 e. The summed E-state index contributed by atoms with van der Waals surface area (Å²) in [6.07, 6.45) is 0. The van der Waals surface area contributed by atoms with Crippen LogP contribution in [0.4, 0.5) is 0 Å². The molecule has 23 heavy (non-hydrogen) atoms. The number of hydrogen-bond donors (Lipinski definition) is 1. The van der Waals surface area contributed by atoms with E-state index in [4.69, 9.17) is 4.74 Å². The molecule has 1 N–H and O–H groups in total. The number of benzene rings is 2. The highest BCUT2D eigenvalue weighted by molar-refractivity contribution is 5.85. The summed E-state index contributed by atoms with van der Waals surface area (Å²) in [7, 11) is 1.72. The highest BCUT2D eigenvalue weighted by Crippen LogP contribution is 2.29. The van der Waals surface area contributed by atoms with Crippen molar-refractivity contribution in [2.45, 2.75) is 19.5 Å². The smallest absolute Gasteiger partial charge is 0.126 e. The van der Waals surface area contributed by atoms with Gasteiger partial charge in [0.25, 0.3) is 0 Å². The number of nitrogens with one attached hydrogen (secondary N) is 1. The lowest BCUT2D eigenvalue weighted by molar-refractivity contribution is 0.199. The average molecular weight is 333 g/mol. The molecule has 1 aliphatic rings.